The molecule has 2 rings (SSSR count). The van der Waals surface area contributed by atoms with Crippen LogP contribution in [0.2, 0.25) is 0 Å². The summed E-state index contributed by atoms with van der Waals surface area (Å²) in [5.74, 6) is 0.667. The standard InChI is InChI=1S/C7H9NO.C5H5N/c1-6-3-4-7(9-2)8-5-6;1-2-4-6-5-3-1/h3-5H,1-2H3;1-5H. The third-order valence-corrected chi connectivity index (χ3v) is 1.66. The van der Waals surface area contributed by atoms with Gasteiger partial charge in [0, 0.05) is 24.7 Å². The highest BCUT2D eigenvalue weighted by atomic mass is 16.5. The highest BCUT2D eigenvalue weighted by Crippen LogP contribution is 2.04. The summed E-state index contributed by atoms with van der Waals surface area (Å²) in [6.07, 6.45) is 5.28. The van der Waals surface area contributed by atoms with Crippen molar-refractivity contribution in [3.63, 3.8) is 0 Å². The lowest BCUT2D eigenvalue weighted by Gasteiger charge is -1.95. The van der Waals surface area contributed by atoms with Crippen LogP contribution in [0, 0.1) is 6.92 Å². The maximum Gasteiger partial charge on any atom is 0.212 e. The van der Waals surface area contributed by atoms with E-state index in [4.69, 9.17) is 4.74 Å². The molecular formula is C12H14N2O. The molecule has 0 spiro atoms. The van der Waals surface area contributed by atoms with E-state index in [0.717, 1.165) is 5.56 Å². The number of aryl methyl sites for hydroxylation is 1. The van der Waals surface area contributed by atoms with Crippen molar-refractivity contribution in [1.82, 2.24) is 9.97 Å². The number of pyridine rings is 2. The average Bonchev–Trinajstić information content (AvgIpc) is 2.33. The lowest BCUT2D eigenvalue weighted by atomic mass is 10.3. The first kappa shape index (κ1) is 11.2. The number of hydrogen-bond donors (Lipinski definition) is 0. The fourth-order valence-corrected chi connectivity index (χ4v) is 0.888. The second-order valence-corrected chi connectivity index (χ2v) is 2.90. The SMILES string of the molecule is COc1ccc(C)cn1.c1ccncc1. The predicted molar refractivity (Wildman–Crippen MR) is 59.8 cm³/mol. The molecule has 3 heteroatoms. The molecule has 0 N–H and O–H groups in total. The first-order valence-corrected chi connectivity index (χ1v) is 4.64. The predicted octanol–water partition coefficient (Wildman–Crippen LogP) is 2.48. The van der Waals surface area contributed by atoms with Gasteiger partial charge in [0.1, 0.15) is 0 Å². The molecule has 2 heterocycles. The quantitative estimate of drug-likeness (QED) is 0.712. The van der Waals surface area contributed by atoms with Gasteiger partial charge in [0.15, 0.2) is 0 Å². The van der Waals surface area contributed by atoms with Crippen LogP contribution in [0.4, 0.5) is 0 Å². The molecule has 15 heavy (non-hydrogen) atoms. The molecule has 0 fully saturated rings. The number of methoxy groups -OCH3 is 1. The van der Waals surface area contributed by atoms with Crippen molar-refractivity contribution in [2.45, 2.75) is 6.92 Å². The minimum Gasteiger partial charge on any atom is -0.481 e. The maximum atomic E-state index is 4.86. The highest BCUT2D eigenvalue weighted by molar-refractivity contribution is 5.15. The van der Waals surface area contributed by atoms with Crippen molar-refractivity contribution in [1.29, 1.82) is 0 Å². The summed E-state index contributed by atoms with van der Waals surface area (Å²) in [5.41, 5.74) is 1.15. The van der Waals surface area contributed by atoms with E-state index < -0.39 is 0 Å². The largest absolute Gasteiger partial charge is 0.481 e. The Morgan fingerprint density at radius 3 is 2.13 bits per heavy atom. The van der Waals surface area contributed by atoms with Crippen molar-refractivity contribution >= 4 is 0 Å². The second kappa shape index (κ2) is 6.54. The first-order valence-electron chi connectivity index (χ1n) is 4.64. The Hall–Kier alpha value is -1.90. The lowest BCUT2D eigenvalue weighted by Crippen LogP contribution is -1.85. The van der Waals surface area contributed by atoms with Crippen molar-refractivity contribution in [3.05, 3.63) is 54.5 Å². The molecule has 0 atom stereocenters. The van der Waals surface area contributed by atoms with Gasteiger partial charge in [-0.3, -0.25) is 4.98 Å². The zero-order chi connectivity index (χ0) is 10.9. The summed E-state index contributed by atoms with van der Waals surface area (Å²) in [4.78, 5) is 7.76. The van der Waals surface area contributed by atoms with E-state index in [0.29, 0.717) is 5.88 Å². The van der Waals surface area contributed by atoms with Crippen LogP contribution in [0.15, 0.2) is 48.9 Å². The van der Waals surface area contributed by atoms with Gasteiger partial charge < -0.3 is 4.74 Å². The van der Waals surface area contributed by atoms with Gasteiger partial charge in [-0.2, -0.15) is 0 Å². The lowest BCUT2D eigenvalue weighted by molar-refractivity contribution is 0.397. The summed E-state index contributed by atoms with van der Waals surface area (Å²) in [6.45, 7) is 1.99. The molecule has 0 aromatic carbocycles. The van der Waals surface area contributed by atoms with Crippen molar-refractivity contribution < 1.29 is 4.74 Å². The molecule has 0 aliphatic heterocycles. The van der Waals surface area contributed by atoms with Gasteiger partial charge in [-0.15, -0.1) is 0 Å². The molecule has 0 aliphatic carbocycles. The van der Waals surface area contributed by atoms with E-state index >= 15 is 0 Å². The molecule has 78 valence electrons. The number of ether oxygens (including phenoxy) is 1. The summed E-state index contributed by atoms with van der Waals surface area (Å²) < 4.78 is 4.86. The van der Waals surface area contributed by atoms with Crippen LogP contribution in [0.3, 0.4) is 0 Å². The molecule has 2 aromatic heterocycles. The molecule has 2 aromatic rings. The van der Waals surface area contributed by atoms with Crippen molar-refractivity contribution in [3.8, 4) is 5.88 Å². The molecule has 0 aliphatic rings. The van der Waals surface area contributed by atoms with Crippen LogP contribution >= 0.6 is 0 Å². The number of hydrogen-bond acceptors (Lipinski definition) is 3. The minimum atomic E-state index is 0.667. The number of nitrogens with zero attached hydrogens (tertiary/aromatic N) is 2. The van der Waals surface area contributed by atoms with Gasteiger partial charge in [0.05, 0.1) is 7.11 Å². The smallest absolute Gasteiger partial charge is 0.212 e. The van der Waals surface area contributed by atoms with E-state index in [1.54, 1.807) is 25.7 Å². The molecular weight excluding hydrogens is 188 g/mol. The van der Waals surface area contributed by atoms with Crippen LogP contribution in [0.1, 0.15) is 5.56 Å². The van der Waals surface area contributed by atoms with E-state index in [9.17, 15) is 0 Å². The van der Waals surface area contributed by atoms with Crippen LogP contribution in [0.25, 0.3) is 0 Å². The minimum absolute atomic E-state index is 0.667. The Kier molecular flexibility index (Phi) is 4.87. The second-order valence-electron chi connectivity index (χ2n) is 2.90. The number of aromatic nitrogens is 2. The zero-order valence-corrected chi connectivity index (χ0v) is 8.92. The van der Waals surface area contributed by atoms with Gasteiger partial charge in [0.2, 0.25) is 5.88 Å². The summed E-state index contributed by atoms with van der Waals surface area (Å²) in [6, 6.07) is 9.52. The van der Waals surface area contributed by atoms with Crippen LogP contribution in [0.5, 0.6) is 5.88 Å². The van der Waals surface area contributed by atoms with E-state index in [-0.39, 0.29) is 0 Å². The first-order chi connectivity index (χ1) is 7.33. The van der Waals surface area contributed by atoms with Crippen LogP contribution in [-0.4, -0.2) is 17.1 Å². The fraction of sp³-hybridized carbons (Fsp3) is 0.167. The fourth-order valence-electron chi connectivity index (χ4n) is 0.888. The molecule has 0 amide bonds. The Balaban J connectivity index is 0.000000162. The Bertz CT molecular complexity index is 332. The summed E-state index contributed by atoms with van der Waals surface area (Å²) in [7, 11) is 1.61. The maximum absolute atomic E-state index is 4.86. The third kappa shape index (κ3) is 4.76. The number of rotatable bonds is 1. The van der Waals surface area contributed by atoms with Crippen LogP contribution in [-0.2, 0) is 0 Å². The molecule has 0 bridgehead atoms. The monoisotopic (exact) mass is 202 g/mol. The molecule has 3 nitrogen and oxygen atoms in total. The third-order valence-electron chi connectivity index (χ3n) is 1.66. The Labute approximate surface area is 89.8 Å². The highest BCUT2D eigenvalue weighted by Gasteiger charge is 1.87. The van der Waals surface area contributed by atoms with E-state index in [1.165, 1.54) is 0 Å². The topological polar surface area (TPSA) is 35.0 Å². The Morgan fingerprint density at radius 1 is 1.07 bits per heavy atom. The zero-order valence-electron chi connectivity index (χ0n) is 8.92. The van der Waals surface area contributed by atoms with E-state index in [1.807, 2.05) is 37.3 Å². The van der Waals surface area contributed by atoms with Gasteiger partial charge >= 0.3 is 0 Å². The molecule has 0 saturated carbocycles. The van der Waals surface area contributed by atoms with Gasteiger partial charge in [-0.1, -0.05) is 12.1 Å². The Morgan fingerprint density at radius 2 is 1.80 bits per heavy atom. The molecule has 0 radical (unpaired) electrons. The van der Waals surface area contributed by atoms with Gasteiger partial charge in [0.25, 0.3) is 0 Å². The molecule has 0 saturated heterocycles. The van der Waals surface area contributed by atoms with E-state index in [2.05, 4.69) is 9.97 Å². The van der Waals surface area contributed by atoms with Gasteiger partial charge in [-0.05, 0) is 24.6 Å². The van der Waals surface area contributed by atoms with Gasteiger partial charge in [-0.25, -0.2) is 4.98 Å². The summed E-state index contributed by atoms with van der Waals surface area (Å²) in [5, 5.41) is 0. The van der Waals surface area contributed by atoms with Crippen molar-refractivity contribution in [2.75, 3.05) is 7.11 Å². The van der Waals surface area contributed by atoms with Crippen LogP contribution < -0.4 is 4.74 Å². The normalized spacial score (nSPS) is 8.67. The summed E-state index contributed by atoms with van der Waals surface area (Å²) >= 11 is 0. The average molecular weight is 202 g/mol. The van der Waals surface area contributed by atoms with Crippen molar-refractivity contribution in [2.24, 2.45) is 0 Å². The molecule has 0 unspecified atom stereocenters.